The number of aliphatic imine (C=N–C) groups is 1. The first-order valence-corrected chi connectivity index (χ1v) is 6.45. The second-order valence-corrected chi connectivity index (χ2v) is 4.27. The molecule has 1 aromatic rings. The van der Waals surface area contributed by atoms with E-state index in [0.717, 1.165) is 13.1 Å². The number of rotatable bonds is 5. The van der Waals surface area contributed by atoms with Gasteiger partial charge in [-0.1, -0.05) is 17.7 Å². The topological polar surface area (TPSA) is 41.6 Å². The molecule has 0 fully saturated rings. The van der Waals surface area contributed by atoms with E-state index in [1.165, 1.54) is 6.07 Å². The second kappa shape index (κ2) is 7.21. The second-order valence-electron chi connectivity index (χ2n) is 3.86. The Morgan fingerprint density at radius 3 is 2.61 bits per heavy atom. The molecule has 0 bridgehead atoms. The van der Waals surface area contributed by atoms with E-state index in [1.54, 1.807) is 12.1 Å². The molecule has 0 heterocycles. The van der Waals surface area contributed by atoms with Gasteiger partial charge in [0.2, 0.25) is 0 Å². The predicted molar refractivity (Wildman–Crippen MR) is 74.5 cm³/mol. The van der Waals surface area contributed by atoms with Crippen LogP contribution in [0.2, 0.25) is 5.02 Å². The lowest BCUT2D eigenvalue weighted by atomic mass is 10.1. The van der Waals surface area contributed by atoms with Crippen molar-refractivity contribution in [3.63, 3.8) is 0 Å². The Morgan fingerprint density at radius 2 is 2.06 bits per heavy atom. The van der Waals surface area contributed by atoms with Gasteiger partial charge in [0.15, 0.2) is 5.96 Å². The van der Waals surface area contributed by atoms with Gasteiger partial charge >= 0.3 is 0 Å². The van der Waals surface area contributed by atoms with Crippen LogP contribution in [-0.2, 0) is 6.42 Å². The van der Waals surface area contributed by atoms with E-state index in [0.29, 0.717) is 29.5 Å². The van der Waals surface area contributed by atoms with Gasteiger partial charge in [0.1, 0.15) is 5.82 Å². The fourth-order valence-corrected chi connectivity index (χ4v) is 1.96. The molecule has 0 unspecified atom stereocenters. The van der Waals surface area contributed by atoms with Crippen LogP contribution >= 0.6 is 11.6 Å². The number of nitrogens with two attached hydrogens (primary N) is 1. The zero-order valence-corrected chi connectivity index (χ0v) is 11.5. The monoisotopic (exact) mass is 271 g/mol. The van der Waals surface area contributed by atoms with Crippen LogP contribution in [0.15, 0.2) is 23.2 Å². The number of guanidine groups is 1. The highest BCUT2D eigenvalue weighted by molar-refractivity contribution is 6.31. The first-order valence-electron chi connectivity index (χ1n) is 6.07. The number of halogens is 2. The predicted octanol–water partition coefficient (Wildman–Crippen LogP) is 2.68. The van der Waals surface area contributed by atoms with E-state index in [2.05, 4.69) is 4.99 Å². The van der Waals surface area contributed by atoms with Crippen LogP contribution in [0.4, 0.5) is 4.39 Å². The molecule has 0 amide bonds. The summed E-state index contributed by atoms with van der Waals surface area (Å²) >= 11 is 5.93. The van der Waals surface area contributed by atoms with Crippen LogP contribution in [0.5, 0.6) is 0 Å². The highest BCUT2D eigenvalue weighted by Crippen LogP contribution is 2.19. The first kappa shape index (κ1) is 14.8. The highest BCUT2D eigenvalue weighted by Gasteiger charge is 2.06. The van der Waals surface area contributed by atoms with Gasteiger partial charge in [-0.2, -0.15) is 0 Å². The molecule has 0 saturated carbocycles. The van der Waals surface area contributed by atoms with Crippen LogP contribution in [0, 0.1) is 5.82 Å². The first-order chi connectivity index (χ1) is 8.60. The molecule has 2 N–H and O–H groups in total. The quantitative estimate of drug-likeness (QED) is 0.661. The van der Waals surface area contributed by atoms with E-state index in [-0.39, 0.29) is 5.82 Å². The van der Waals surface area contributed by atoms with Gasteiger partial charge in [0.05, 0.1) is 0 Å². The SMILES string of the molecule is CCN(CC)C(N)=NCCc1c(F)cccc1Cl. The van der Waals surface area contributed by atoms with Crippen LogP contribution < -0.4 is 5.73 Å². The molecule has 5 heteroatoms. The Labute approximate surface area is 112 Å². The standard InChI is InChI=1S/C13H19ClFN3/c1-3-18(4-2)13(16)17-9-8-10-11(14)6-5-7-12(10)15/h5-7H,3-4,8-9H2,1-2H3,(H2,16,17). The summed E-state index contributed by atoms with van der Waals surface area (Å²) in [6, 6.07) is 4.67. The minimum absolute atomic E-state index is 0.292. The third-order valence-electron chi connectivity index (χ3n) is 2.78. The summed E-state index contributed by atoms with van der Waals surface area (Å²) in [7, 11) is 0. The van der Waals surface area contributed by atoms with Crippen molar-refractivity contribution in [2.24, 2.45) is 10.7 Å². The van der Waals surface area contributed by atoms with Crippen LogP contribution in [0.25, 0.3) is 0 Å². The number of hydrogen-bond acceptors (Lipinski definition) is 1. The van der Waals surface area contributed by atoms with Crippen LogP contribution in [0.3, 0.4) is 0 Å². The summed E-state index contributed by atoms with van der Waals surface area (Å²) in [6.07, 6.45) is 0.452. The normalized spacial score (nSPS) is 11.7. The van der Waals surface area contributed by atoms with Gasteiger partial charge in [-0.05, 0) is 32.4 Å². The Hall–Kier alpha value is -1.29. The van der Waals surface area contributed by atoms with Crippen molar-refractivity contribution in [2.45, 2.75) is 20.3 Å². The molecule has 0 radical (unpaired) electrons. The highest BCUT2D eigenvalue weighted by atomic mass is 35.5. The molecule has 0 saturated heterocycles. The lowest BCUT2D eigenvalue weighted by Gasteiger charge is -2.19. The van der Waals surface area contributed by atoms with Crippen molar-refractivity contribution in [2.75, 3.05) is 19.6 Å². The van der Waals surface area contributed by atoms with Crippen molar-refractivity contribution in [1.29, 1.82) is 0 Å². The Bertz CT molecular complexity index is 396. The molecule has 0 atom stereocenters. The summed E-state index contributed by atoms with van der Waals surface area (Å²) in [6.45, 7) is 6.08. The van der Waals surface area contributed by atoms with E-state index >= 15 is 0 Å². The van der Waals surface area contributed by atoms with Crippen molar-refractivity contribution in [3.8, 4) is 0 Å². The molecular formula is C13H19ClFN3. The Kier molecular flexibility index (Phi) is 5.92. The molecule has 3 nitrogen and oxygen atoms in total. The number of hydrogen-bond donors (Lipinski definition) is 1. The molecule has 18 heavy (non-hydrogen) atoms. The Balaban J connectivity index is 2.63. The maximum Gasteiger partial charge on any atom is 0.191 e. The maximum absolute atomic E-state index is 13.5. The summed E-state index contributed by atoms with van der Waals surface area (Å²) < 4.78 is 13.5. The van der Waals surface area contributed by atoms with E-state index in [1.807, 2.05) is 18.7 Å². The lowest BCUT2D eigenvalue weighted by molar-refractivity contribution is 0.458. The van der Waals surface area contributed by atoms with Crippen LogP contribution in [0.1, 0.15) is 19.4 Å². The van der Waals surface area contributed by atoms with Gasteiger partial charge in [0, 0.05) is 30.2 Å². The molecular weight excluding hydrogens is 253 g/mol. The zero-order valence-electron chi connectivity index (χ0n) is 10.8. The third-order valence-corrected chi connectivity index (χ3v) is 3.14. The Morgan fingerprint density at radius 1 is 1.39 bits per heavy atom. The summed E-state index contributed by atoms with van der Waals surface area (Å²) in [4.78, 5) is 6.19. The molecule has 1 aromatic carbocycles. The summed E-state index contributed by atoms with van der Waals surface area (Å²) in [5.74, 6) is 0.201. The minimum atomic E-state index is -0.292. The number of nitrogens with zero attached hydrogens (tertiary/aromatic N) is 2. The average Bonchev–Trinajstić information content (AvgIpc) is 2.34. The smallest absolute Gasteiger partial charge is 0.191 e. The fraction of sp³-hybridized carbons (Fsp3) is 0.462. The summed E-state index contributed by atoms with van der Waals surface area (Å²) in [5, 5.41) is 0.437. The molecule has 0 aliphatic heterocycles. The third kappa shape index (κ3) is 3.88. The molecule has 0 spiro atoms. The maximum atomic E-state index is 13.5. The van der Waals surface area contributed by atoms with Crippen molar-refractivity contribution in [3.05, 3.63) is 34.6 Å². The van der Waals surface area contributed by atoms with Gasteiger partial charge in [-0.15, -0.1) is 0 Å². The zero-order chi connectivity index (χ0) is 13.5. The lowest BCUT2D eigenvalue weighted by Crippen LogP contribution is -2.37. The van der Waals surface area contributed by atoms with Crippen molar-refractivity contribution >= 4 is 17.6 Å². The van der Waals surface area contributed by atoms with Gasteiger partial charge < -0.3 is 10.6 Å². The number of benzene rings is 1. The fourth-order valence-electron chi connectivity index (χ4n) is 1.70. The molecule has 0 aliphatic carbocycles. The van der Waals surface area contributed by atoms with E-state index in [4.69, 9.17) is 17.3 Å². The molecule has 100 valence electrons. The van der Waals surface area contributed by atoms with Gasteiger partial charge in [-0.3, -0.25) is 4.99 Å². The molecule has 0 aliphatic rings. The van der Waals surface area contributed by atoms with Crippen molar-refractivity contribution < 1.29 is 4.39 Å². The van der Waals surface area contributed by atoms with Gasteiger partial charge in [0.25, 0.3) is 0 Å². The minimum Gasteiger partial charge on any atom is -0.370 e. The molecule has 1 rings (SSSR count). The van der Waals surface area contributed by atoms with E-state index < -0.39 is 0 Å². The molecule has 0 aromatic heterocycles. The largest absolute Gasteiger partial charge is 0.370 e. The van der Waals surface area contributed by atoms with Gasteiger partial charge in [-0.25, -0.2) is 4.39 Å². The average molecular weight is 272 g/mol. The summed E-state index contributed by atoms with van der Waals surface area (Å²) in [5.41, 5.74) is 6.32. The van der Waals surface area contributed by atoms with Crippen LogP contribution in [-0.4, -0.2) is 30.5 Å². The van der Waals surface area contributed by atoms with E-state index in [9.17, 15) is 4.39 Å². The van der Waals surface area contributed by atoms with Crippen molar-refractivity contribution in [1.82, 2.24) is 4.90 Å².